The Morgan fingerprint density at radius 3 is 2.56 bits per heavy atom. The van der Waals surface area contributed by atoms with Crippen LogP contribution in [-0.2, 0) is 16.1 Å². The van der Waals surface area contributed by atoms with Gasteiger partial charge in [0.05, 0.1) is 25.9 Å². The van der Waals surface area contributed by atoms with E-state index in [9.17, 15) is 9.90 Å². The first kappa shape index (κ1) is 18.8. The van der Waals surface area contributed by atoms with Gasteiger partial charge in [-0.15, -0.1) is 11.3 Å². The molecule has 0 aliphatic carbocycles. The first-order valence-corrected chi connectivity index (χ1v) is 10.1. The van der Waals surface area contributed by atoms with Crippen molar-refractivity contribution in [2.75, 3.05) is 59.0 Å². The molecular weight excluding hydrogens is 338 g/mol. The number of likely N-dealkylation sites (tertiary alicyclic amines) is 1. The number of carbonyl (C=O) groups is 1. The number of nitrogens with zero attached hydrogens (tertiary/aromatic N) is 3. The van der Waals surface area contributed by atoms with Gasteiger partial charge in [-0.05, 0) is 24.3 Å². The van der Waals surface area contributed by atoms with Crippen molar-refractivity contribution in [3.63, 3.8) is 0 Å². The van der Waals surface area contributed by atoms with Gasteiger partial charge in [-0.25, -0.2) is 0 Å². The molecule has 0 saturated carbocycles. The molecule has 0 aromatic carbocycles. The Kier molecular flexibility index (Phi) is 7.24. The van der Waals surface area contributed by atoms with Crippen LogP contribution in [0, 0.1) is 0 Å². The molecule has 6 nitrogen and oxygen atoms in total. The van der Waals surface area contributed by atoms with Crippen molar-refractivity contribution in [3.05, 3.63) is 22.4 Å². The lowest BCUT2D eigenvalue weighted by molar-refractivity contribution is -0.131. The summed E-state index contributed by atoms with van der Waals surface area (Å²) in [5, 5.41) is 12.2. The van der Waals surface area contributed by atoms with Crippen molar-refractivity contribution in [2.24, 2.45) is 0 Å². The van der Waals surface area contributed by atoms with Crippen LogP contribution in [0.15, 0.2) is 17.5 Å². The van der Waals surface area contributed by atoms with Crippen molar-refractivity contribution < 1.29 is 14.6 Å². The van der Waals surface area contributed by atoms with Gasteiger partial charge in [0.2, 0.25) is 5.91 Å². The maximum Gasteiger partial charge on any atom is 0.236 e. The lowest BCUT2D eigenvalue weighted by Crippen LogP contribution is -2.51. The van der Waals surface area contributed by atoms with Gasteiger partial charge in [0, 0.05) is 50.7 Å². The average molecular weight is 368 g/mol. The van der Waals surface area contributed by atoms with Gasteiger partial charge in [0.1, 0.15) is 0 Å². The van der Waals surface area contributed by atoms with Gasteiger partial charge in [-0.2, -0.15) is 0 Å². The average Bonchev–Trinajstić information content (AvgIpc) is 3.30. The zero-order valence-electron chi connectivity index (χ0n) is 14.8. The number of ether oxygens (including phenoxy) is 1. The summed E-state index contributed by atoms with van der Waals surface area (Å²) in [6.45, 7) is 7.55. The number of aliphatic hydroxyl groups is 1. The predicted molar refractivity (Wildman–Crippen MR) is 98.7 cm³/mol. The number of piperazine rings is 1. The SMILES string of the molecule is O=C(CN1CCN(CC(O)COCc2cccs2)CC1)N1CCCC1. The summed E-state index contributed by atoms with van der Waals surface area (Å²) < 4.78 is 5.59. The first-order chi connectivity index (χ1) is 12.2. The molecule has 3 heterocycles. The molecule has 140 valence electrons. The Bertz CT molecular complexity index is 512. The zero-order valence-corrected chi connectivity index (χ0v) is 15.6. The molecule has 25 heavy (non-hydrogen) atoms. The van der Waals surface area contributed by atoms with Crippen molar-refractivity contribution in [2.45, 2.75) is 25.6 Å². The summed E-state index contributed by atoms with van der Waals surface area (Å²) in [7, 11) is 0. The number of thiophene rings is 1. The Morgan fingerprint density at radius 1 is 1.16 bits per heavy atom. The maximum atomic E-state index is 12.2. The second-order valence-electron chi connectivity index (χ2n) is 6.91. The minimum absolute atomic E-state index is 0.271. The van der Waals surface area contributed by atoms with Crippen LogP contribution in [0.4, 0.5) is 0 Å². The molecule has 2 fully saturated rings. The largest absolute Gasteiger partial charge is 0.389 e. The number of carbonyl (C=O) groups excluding carboxylic acids is 1. The third-order valence-corrected chi connectivity index (χ3v) is 5.74. The molecule has 2 saturated heterocycles. The third kappa shape index (κ3) is 6.04. The Morgan fingerprint density at radius 2 is 1.88 bits per heavy atom. The summed E-state index contributed by atoms with van der Waals surface area (Å²) >= 11 is 1.67. The Hall–Kier alpha value is -0.990. The number of rotatable bonds is 8. The van der Waals surface area contributed by atoms with Crippen molar-refractivity contribution in [1.82, 2.24) is 14.7 Å². The van der Waals surface area contributed by atoms with Crippen LogP contribution in [0.3, 0.4) is 0 Å². The molecule has 1 N–H and O–H groups in total. The van der Waals surface area contributed by atoms with Crippen LogP contribution < -0.4 is 0 Å². The number of aliphatic hydroxyl groups excluding tert-OH is 1. The van der Waals surface area contributed by atoms with Crippen molar-refractivity contribution in [1.29, 1.82) is 0 Å². The highest BCUT2D eigenvalue weighted by Crippen LogP contribution is 2.11. The van der Waals surface area contributed by atoms with Crippen LogP contribution in [0.25, 0.3) is 0 Å². The fraction of sp³-hybridized carbons (Fsp3) is 0.722. The molecule has 1 aromatic heterocycles. The van der Waals surface area contributed by atoms with E-state index in [4.69, 9.17) is 4.74 Å². The maximum absolute atomic E-state index is 12.2. The zero-order chi connectivity index (χ0) is 17.5. The standard InChI is InChI=1S/C18H29N3O3S/c22-16(14-24-15-17-4-3-11-25-17)12-19-7-9-20(10-8-19)13-18(23)21-5-1-2-6-21/h3-4,11,16,22H,1-2,5-10,12-15H2. The lowest BCUT2D eigenvalue weighted by atomic mass is 10.2. The predicted octanol–water partition coefficient (Wildman–Crippen LogP) is 0.866. The van der Waals surface area contributed by atoms with Gasteiger partial charge >= 0.3 is 0 Å². The van der Waals surface area contributed by atoms with Crippen molar-refractivity contribution in [3.8, 4) is 0 Å². The molecule has 0 spiro atoms. The smallest absolute Gasteiger partial charge is 0.236 e. The van der Waals surface area contributed by atoms with E-state index >= 15 is 0 Å². The van der Waals surface area contributed by atoms with Gasteiger partial charge < -0.3 is 14.7 Å². The number of hydrogen-bond donors (Lipinski definition) is 1. The van der Waals surface area contributed by atoms with E-state index in [1.165, 1.54) is 4.88 Å². The fourth-order valence-corrected chi connectivity index (χ4v) is 4.07. The van der Waals surface area contributed by atoms with E-state index < -0.39 is 6.10 Å². The second kappa shape index (κ2) is 9.64. The van der Waals surface area contributed by atoms with E-state index in [0.717, 1.165) is 52.1 Å². The molecule has 0 bridgehead atoms. The van der Waals surface area contributed by atoms with E-state index in [0.29, 0.717) is 26.3 Å². The molecule has 7 heteroatoms. The topological polar surface area (TPSA) is 56.3 Å². The van der Waals surface area contributed by atoms with Gasteiger partial charge in [0.15, 0.2) is 0 Å². The quantitative estimate of drug-likeness (QED) is 0.739. The minimum atomic E-state index is -0.460. The number of hydrogen-bond acceptors (Lipinski definition) is 6. The molecular formula is C18H29N3O3S. The van der Waals surface area contributed by atoms with Crippen LogP contribution in [0.2, 0.25) is 0 Å². The first-order valence-electron chi connectivity index (χ1n) is 9.21. The molecule has 2 aliphatic rings. The summed E-state index contributed by atoms with van der Waals surface area (Å²) in [6.07, 6.45) is 1.83. The van der Waals surface area contributed by atoms with E-state index in [1.54, 1.807) is 11.3 Å². The summed E-state index contributed by atoms with van der Waals surface area (Å²) in [5.41, 5.74) is 0. The number of amides is 1. The Balaban J connectivity index is 1.28. The van der Waals surface area contributed by atoms with E-state index in [2.05, 4.69) is 9.80 Å². The molecule has 1 atom stereocenters. The van der Waals surface area contributed by atoms with Crippen LogP contribution in [0.5, 0.6) is 0 Å². The van der Waals surface area contributed by atoms with Crippen molar-refractivity contribution >= 4 is 17.2 Å². The monoisotopic (exact) mass is 367 g/mol. The fourth-order valence-electron chi connectivity index (χ4n) is 3.43. The minimum Gasteiger partial charge on any atom is -0.389 e. The normalized spacial score (nSPS) is 20.9. The van der Waals surface area contributed by atoms with Crippen LogP contribution in [0.1, 0.15) is 17.7 Å². The highest BCUT2D eigenvalue weighted by Gasteiger charge is 2.24. The van der Waals surface area contributed by atoms with Gasteiger partial charge in [0.25, 0.3) is 0 Å². The van der Waals surface area contributed by atoms with Gasteiger partial charge in [-0.1, -0.05) is 6.07 Å². The van der Waals surface area contributed by atoms with Crippen LogP contribution >= 0.6 is 11.3 Å². The molecule has 1 unspecified atom stereocenters. The second-order valence-corrected chi connectivity index (χ2v) is 7.95. The summed E-state index contributed by atoms with van der Waals surface area (Å²) in [6, 6.07) is 4.05. The summed E-state index contributed by atoms with van der Waals surface area (Å²) in [5.74, 6) is 0.271. The van der Waals surface area contributed by atoms with E-state index in [1.807, 2.05) is 22.4 Å². The molecule has 0 radical (unpaired) electrons. The van der Waals surface area contributed by atoms with Gasteiger partial charge in [-0.3, -0.25) is 14.6 Å². The highest BCUT2D eigenvalue weighted by molar-refractivity contribution is 7.09. The highest BCUT2D eigenvalue weighted by atomic mass is 32.1. The molecule has 2 aliphatic heterocycles. The van der Waals surface area contributed by atoms with E-state index in [-0.39, 0.29) is 5.91 Å². The number of β-amino-alcohol motifs (C(OH)–C–C–N with tert-alkyl or cyclic N) is 1. The molecule has 1 amide bonds. The van der Waals surface area contributed by atoms with Crippen LogP contribution in [-0.4, -0.2) is 90.8 Å². The third-order valence-electron chi connectivity index (χ3n) is 4.89. The molecule has 1 aromatic rings. The Labute approximate surface area is 154 Å². The lowest BCUT2D eigenvalue weighted by Gasteiger charge is -2.35. The molecule has 3 rings (SSSR count). The summed E-state index contributed by atoms with van der Waals surface area (Å²) in [4.78, 5) is 19.9.